The topological polar surface area (TPSA) is 96.0 Å². The molecule has 9 heteroatoms. The molecule has 1 N–H and O–H groups in total. The minimum Gasteiger partial charge on any atom is -0.319 e. The molecule has 0 bridgehead atoms. The van der Waals surface area contributed by atoms with Gasteiger partial charge in [-0.15, -0.1) is 0 Å². The number of amides is 1. The standard InChI is InChI=1S/C16H8F3N3O3/c17-12-5-6-13(15(19)14(12)18)21-16(23)10(8-20)7-9-1-3-11(4-2-9)22(24)25/h1-7H,(H,21,23)/b10-7+. The Morgan fingerprint density at radius 2 is 1.76 bits per heavy atom. The number of nitrogens with zero attached hydrogens (tertiary/aromatic N) is 2. The van der Waals surface area contributed by atoms with Gasteiger partial charge in [-0.25, -0.2) is 13.2 Å². The maximum Gasteiger partial charge on any atom is 0.269 e. The van der Waals surface area contributed by atoms with Crippen molar-refractivity contribution in [1.82, 2.24) is 0 Å². The Morgan fingerprint density at radius 3 is 2.32 bits per heavy atom. The lowest BCUT2D eigenvalue weighted by Crippen LogP contribution is -2.15. The minimum absolute atomic E-state index is 0.177. The van der Waals surface area contributed by atoms with Crippen LogP contribution in [0.4, 0.5) is 24.5 Å². The molecule has 0 fully saturated rings. The fraction of sp³-hybridized carbons (Fsp3) is 0. The molecule has 6 nitrogen and oxygen atoms in total. The van der Waals surface area contributed by atoms with Crippen molar-refractivity contribution in [2.45, 2.75) is 0 Å². The molecule has 0 atom stereocenters. The number of nitro groups is 1. The van der Waals surface area contributed by atoms with Crippen LogP contribution in [0.25, 0.3) is 6.08 Å². The van der Waals surface area contributed by atoms with Gasteiger partial charge in [-0.3, -0.25) is 14.9 Å². The molecule has 0 saturated carbocycles. The average molecular weight is 347 g/mol. The van der Waals surface area contributed by atoms with Gasteiger partial charge in [-0.1, -0.05) is 0 Å². The maximum atomic E-state index is 13.5. The molecule has 0 radical (unpaired) electrons. The summed E-state index contributed by atoms with van der Waals surface area (Å²) in [4.78, 5) is 21.9. The van der Waals surface area contributed by atoms with Crippen LogP contribution in [0.3, 0.4) is 0 Å². The molecule has 0 spiro atoms. The molecule has 0 aliphatic rings. The van der Waals surface area contributed by atoms with E-state index in [1.54, 1.807) is 6.07 Å². The first-order valence-electron chi connectivity index (χ1n) is 6.64. The number of nitrogens with one attached hydrogen (secondary N) is 1. The van der Waals surface area contributed by atoms with E-state index in [9.17, 15) is 28.1 Å². The van der Waals surface area contributed by atoms with Crippen molar-refractivity contribution in [2.24, 2.45) is 0 Å². The SMILES string of the molecule is N#C/C(=C\c1ccc([N+](=O)[O-])cc1)C(=O)Nc1ccc(F)c(F)c1F. The van der Waals surface area contributed by atoms with Gasteiger partial charge in [0, 0.05) is 12.1 Å². The molecule has 0 aliphatic heterocycles. The number of halogens is 3. The third-order valence-corrected chi connectivity index (χ3v) is 3.06. The first-order valence-corrected chi connectivity index (χ1v) is 6.64. The van der Waals surface area contributed by atoms with E-state index in [0.717, 1.165) is 12.1 Å². The molecule has 0 aliphatic carbocycles. The van der Waals surface area contributed by atoms with Crippen LogP contribution in [0.1, 0.15) is 5.56 Å². The molecule has 1 amide bonds. The highest BCUT2D eigenvalue weighted by molar-refractivity contribution is 6.09. The van der Waals surface area contributed by atoms with Gasteiger partial charge in [-0.2, -0.15) is 5.26 Å². The Bertz CT molecular complexity index is 919. The lowest BCUT2D eigenvalue weighted by Gasteiger charge is -2.06. The highest BCUT2D eigenvalue weighted by atomic mass is 19.2. The third kappa shape index (κ3) is 4.00. The second-order valence-electron chi connectivity index (χ2n) is 4.70. The number of nitro benzene ring substituents is 1. The smallest absolute Gasteiger partial charge is 0.269 e. The van der Waals surface area contributed by atoms with Crippen molar-refractivity contribution in [3.8, 4) is 6.07 Å². The summed E-state index contributed by atoms with van der Waals surface area (Å²) in [7, 11) is 0. The predicted molar refractivity (Wildman–Crippen MR) is 81.6 cm³/mol. The Balaban J connectivity index is 2.25. The third-order valence-electron chi connectivity index (χ3n) is 3.06. The average Bonchev–Trinajstić information content (AvgIpc) is 2.60. The van der Waals surface area contributed by atoms with Crippen LogP contribution in [-0.2, 0) is 4.79 Å². The summed E-state index contributed by atoms with van der Waals surface area (Å²) in [5.41, 5.74) is -0.959. The van der Waals surface area contributed by atoms with Gasteiger partial charge in [0.1, 0.15) is 11.6 Å². The number of hydrogen-bond donors (Lipinski definition) is 1. The maximum absolute atomic E-state index is 13.5. The molecule has 2 aromatic carbocycles. The van der Waals surface area contributed by atoms with Gasteiger partial charge in [0.25, 0.3) is 11.6 Å². The molecule has 2 rings (SSSR count). The van der Waals surface area contributed by atoms with Crippen LogP contribution in [0.5, 0.6) is 0 Å². The number of anilines is 1. The lowest BCUT2D eigenvalue weighted by atomic mass is 10.1. The normalized spacial score (nSPS) is 10.9. The Labute approximate surface area is 139 Å². The summed E-state index contributed by atoms with van der Waals surface area (Å²) in [5.74, 6) is -5.82. The molecule has 25 heavy (non-hydrogen) atoms. The lowest BCUT2D eigenvalue weighted by molar-refractivity contribution is -0.384. The summed E-state index contributed by atoms with van der Waals surface area (Å²) in [6.07, 6.45) is 1.11. The van der Waals surface area contributed by atoms with Crippen LogP contribution in [0.15, 0.2) is 42.0 Å². The quantitative estimate of drug-likeness (QED) is 0.301. The fourth-order valence-electron chi connectivity index (χ4n) is 1.82. The van der Waals surface area contributed by atoms with Crippen molar-refractivity contribution < 1.29 is 22.9 Å². The number of rotatable bonds is 4. The number of carbonyl (C=O) groups is 1. The second kappa shape index (κ2) is 7.27. The van der Waals surface area contributed by atoms with Crippen molar-refractivity contribution >= 4 is 23.4 Å². The molecule has 0 heterocycles. The van der Waals surface area contributed by atoms with Crippen molar-refractivity contribution in [1.29, 1.82) is 5.26 Å². The number of benzene rings is 2. The number of carbonyl (C=O) groups excluding carboxylic acids is 1. The van der Waals surface area contributed by atoms with E-state index in [0.29, 0.717) is 11.6 Å². The van der Waals surface area contributed by atoms with E-state index in [4.69, 9.17) is 5.26 Å². The number of nitriles is 1. The summed E-state index contributed by atoms with van der Waals surface area (Å²) < 4.78 is 39.5. The van der Waals surface area contributed by atoms with E-state index in [1.165, 1.54) is 24.3 Å². The summed E-state index contributed by atoms with van der Waals surface area (Å²) in [6.45, 7) is 0. The van der Waals surface area contributed by atoms with E-state index < -0.39 is 39.5 Å². The van der Waals surface area contributed by atoms with Crippen LogP contribution in [0, 0.1) is 38.9 Å². The monoisotopic (exact) mass is 347 g/mol. The second-order valence-corrected chi connectivity index (χ2v) is 4.70. The molecular formula is C16H8F3N3O3. The summed E-state index contributed by atoms with van der Waals surface area (Å²) in [6, 6.07) is 7.98. The Morgan fingerprint density at radius 1 is 1.12 bits per heavy atom. The van der Waals surface area contributed by atoms with Gasteiger partial charge in [0.2, 0.25) is 0 Å². The first-order chi connectivity index (χ1) is 11.8. The van der Waals surface area contributed by atoms with Crippen LogP contribution < -0.4 is 5.32 Å². The fourth-order valence-corrected chi connectivity index (χ4v) is 1.82. The van der Waals surface area contributed by atoms with E-state index in [-0.39, 0.29) is 5.69 Å². The van der Waals surface area contributed by atoms with E-state index in [2.05, 4.69) is 0 Å². The molecule has 0 unspecified atom stereocenters. The highest BCUT2D eigenvalue weighted by Gasteiger charge is 2.17. The van der Waals surface area contributed by atoms with Crippen molar-refractivity contribution in [3.63, 3.8) is 0 Å². The van der Waals surface area contributed by atoms with Crippen molar-refractivity contribution in [3.05, 3.63) is 75.1 Å². The molecule has 126 valence electrons. The van der Waals surface area contributed by atoms with Gasteiger partial charge in [0.15, 0.2) is 17.5 Å². The minimum atomic E-state index is -1.75. The largest absolute Gasteiger partial charge is 0.319 e. The van der Waals surface area contributed by atoms with Crippen LogP contribution >= 0.6 is 0 Å². The van der Waals surface area contributed by atoms with Crippen LogP contribution in [-0.4, -0.2) is 10.8 Å². The predicted octanol–water partition coefficient (Wildman–Crippen LogP) is 3.56. The zero-order valence-corrected chi connectivity index (χ0v) is 12.3. The van der Waals surface area contributed by atoms with Gasteiger partial charge >= 0.3 is 0 Å². The van der Waals surface area contributed by atoms with Gasteiger partial charge < -0.3 is 5.32 Å². The first kappa shape index (κ1) is 17.7. The van der Waals surface area contributed by atoms with Crippen LogP contribution in [0.2, 0.25) is 0 Å². The van der Waals surface area contributed by atoms with Crippen molar-refractivity contribution in [2.75, 3.05) is 5.32 Å². The summed E-state index contributed by atoms with van der Waals surface area (Å²) in [5, 5.41) is 21.6. The highest BCUT2D eigenvalue weighted by Crippen LogP contribution is 2.21. The molecule has 2 aromatic rings. The molecule has 0 aromatic heterocycles. The Kier molecular flexibility index (Phi) is 5.14. The van der Waals surface area contributed by atoms with Gasteiger partial charge in [-0.05, 0) is 35.9 Å². The Hall–Kier alpha value is -3.67. The number of non-ortho nitro benzene ring substituents is 1. The van der Waals surface area contributed by atoms with Gasteiger partial charge in [0.05, 0.1) is 10.6 Å². The molecule has 0 saturated heterocycles. The van der Waals surface area contributed by atoms with E-state index >= 15 is 0 Å². The summed E-state index contributed by atoms with van der Waals surface area (Å²) >= 11 is 0. The molecular weight excluding hydrogens is 339 g/mol. The zero-order valence-electron chi connectivity index (χ0n) is 12.3. The zero-order chi connectivity index (χ0) is 18.6. The van der Waals surface area contributed by atoms with E-state index in [1.807, 2.05) is 5.32 Å². The number of hydrogen-bond acceptors (Lipinski definition) is 4.